The molecule has 0 spiro atoms. The zero-order valence-corrected chi connectivity index (χ0v) is 14.4. The van der Waals surface area contributed by atoms with Crippen LogP contribution in [0.4, 0.5) is 0 Å². The highest BCUT2D eigenvalue weighted by Crippen LogP contribution is 2.38. The second-order valence-electron chi connectivity index (χ2n) is 4.82. The highest BCUT2D eigenvalue weighted by atomic mass is 32.1. The van der Waals surface area contributed by atoms with Gasteiger partial charge >= 0.3 is 11.9 Å². The van der Waals surface area contributed by atoms with Gasteiger partial charge in [-0.15, -0.1) is 11.3 Å². The van der Waals surface area contributed by atoms with Crippen molar-refractivity contribution >= 4 is 23.3 Å². The smallest absolute Gasteiger partial charge is 0.345 e. The Morgan fingerprint density at radius 1 is 1.12 bits per heavy atom. The summed E-state index contributed by atoms with van der Waals surface area (Å²) in [5, 5.41) is 9.24. The highest BCUT2D eigenvalue weighted by molar-refractivity contribution is 7.17. The van der Waals surface area contributed by atoms with E-state index in [9.17, 15) is 14.7 Å². The van der Waals surface area contributed by atoms with Gasteiger partial charge < -0.3 is 19.3 Å². The molecule has 0 aliphatic carbocycles. The van der Waals surface area contributed by atoms with Crippen LogP contribution < -0.4 is 9.47 Å². The summed E-state index contributed by atoms with van der Waals surface area (Å²) in [5.41, 5.74) is 1.37. The normalized spacial score (nSPS) is 10.3. The molecular weight excluding hydrogens is 332 g/mol. The highest BCUT2D eigenvalue weighted by Gasteiger charge is 2.19. The summed E-state index contributed by atoms with van der Waals surface area (Å²) in [4.78, 5) is 23.9. The molecule has 0 unspecified atom stereocenters. The van der Waals surface area contributed by atoms with Gasteiger partial charge in [-0.3, -0.25) is 4.79 Å². The molecule has 1 aromatic heterocycles. The molecular formula is C17H18O6S. The molecule has 7 heteroatoms. The fourth-order valence-corrected chi connectivity index (χ4v) is 3.27. The molecule has 2 rings (SSSR count). The van der Waals surface area contributed by atoms with Crippen LogP contribution in [0.15, 0.2) is 24.3 Å². The third kappa shape index (κ3) is 3.86. The van der Waals surface area contributed by atoms with E-state index < -0.39 is 11.9 Å². The molecule has 1 aromatic carbocycles. The Morgan fingerprint density at radius 2 is 1.83 bits per heavy atom. The van der Waals surface area contributed by atoms with Gasteiger partial charge in [0.15, 0.2) is 11.5 Å². The largest absolute Gasteiger partial charge is 0.493 e. The number of esters is 1. The summed E-state index contributed by atoms with van der Waals surface area (Å²) < 4.78 is 15.5. The lowest BCUT2D eigenvalue weighted by Crippen LogP contribution is -2.07. The average molecular weight is 350 g/mol. The molecule has 0 saturated carbocycles. The first-order chi connectivity index (χ1) is 11.5. The SMILES string of the molecule is CCOC(=O)Cc1cc(C(=O)O)sc1-c1ccc(OC)c(OC)c1. The Hall–Kier alpha value is -2.54. The molecule has 0 bridgehead atoms. The van der Waals surface area contributed by atoms with Crippen molar-refractivity contribution in [3.8, 4) is 21.9 Å². The lowest BCUT2D eigenvalue weighted by atomic mass is 10.1. The van der Waals surface area contributed by atoms with E-state index in [1.54, 1.807) is 25.1 Å². The number of ether oxygens (including phenoxy) is 3. The fraction of sp³-hybridized carbons (Fsp3) is 0.294. The topological polar surface area (TPSA) is 82.1 Å². The zero-order chi connectivity index (χ0) is 17.7. The van der Waals surface area contributed by atoms with Crippen molar-refractivity contribution in [2.24, 2.45) is 0 Å². The number of aromatic carboxylic acids is 1. The molecule has 1 N–H and O–H groups in total. The van der Waals surface area contributed by atoms with Crippen LogP contribution in [0.5, 0.6) is 11.5 Å². The number of carbonyl (C=O) groups is 2. The van der Waals surface area contributed by atoms with Gasteiger partial charge in [-0.1, -0.05) is 0 Å². The van der Waals surface area contributed by atoms with Crippen LogP contribution in [0.1, 0.15) is 22.2 Å². The van der Waals surface area contributed by atoms with Crippen LogP contribution >= 0.6 is 11.3 Å². The molecule has 1 heterocycles. The van der Waals surface area contributed by atoms with Crippen LogP contribution in [0.25, 0.3) is 10.4 Å². The first kappa shape index (κ1) is 17.8. The summed E-state index contributed by atoms with van der Waals surface area (Å²) in [7, 11) is 3.07. The first-order valence-corrected chi connectivity index (χ1v) is 8.05. The van der Waals surface area contributed by atoms with E-state index >= 15 is 0 Å². The van der Waals surface area contributed by atoms with E-state index in [0.717, 1.165) is 16.9 Å². The Morgan fingerprint density at radius 3 is 2.42 bits per heavy atom. The van der Waals surface area contributed by atoms with Gasteiger partial charge in [-0.25, -0.2) is 4.79 Å². The van der Waals surface area contributed by atoms with Gasteiger partial charge in [0.05, 0.1) is 27.2 Å². The number of carboxylic acids is 1. The number of thiophene rings is 1. The van der Waals surface area contributed by atoms with Gasteiger partial charge in [0.1, 0.15) is 4.88 Å². The molecule has 2 aromatic rings. The first-order valence-electron chi connectivity index (χ1n) is 7.24. The second kappa shape index (κ2) is 7.83. The van der Waals surface area contributed by atoms with Gasteiger partial charge in [-0.2, -0.15) is 0 Å². The predicted molar refractivity (Wildman–Crippen MR) is 90.2 cm³/mol. The van der Waals surface area contributed by atoms with E-state index in [4.69, 9.17) is 14.2 Å². The van der Waals surface area contributed by atoms with Gasteiger partial charge in [0.2, 0.25) is 0 Å². The predicted octanol–water partition coefficient (Wildman–Crippen LogP) is 3.24. The quantitative estimate of drug-likeness (QED) is 0.772. The second-order valence-corrected chi connectivity index (χ2v) is 5.87. The number of methoxy groups -OCH3 is 2. The lowest BCUT2D eigenvalue weighted by Gasteiger charge is -2.10. The van der Waals surface area contributed by atoms with Crippen LogP contribution in [0, 0.1) is 0 Å². The molecule has 0 radical (unpaired) electrons. The van der Waals surface area contributed by atoms with Crippen molar-refractivity contribution in [2.75, 3.05) is 20.8 Å². The summed E-state index contributed by atoms with van der Waals surface area (Å²) >= 11 is 1.11. The minimum absolute atomic E-state index is 0.0152. The summed E-state index contributed by atoms with van der Waals surface area (Å²) in [6.07, 6.45) is 0.0152. The van der Waals surface area contributed by atoms with E-state index in [2.05, 4.69) is 0 Å². The van der Waals surface area contributed by atoms with E-state index in [1.165, 1.54) is 20.3 Å². The molecule has 6 nitrogen and oxygen atoms in total. The molecule has 0 saturated heterocycles. The summed E-state index contributed by atoms with van der Waals surface area (Å²) in [6, 6.07) is 6.80. The van der Waals surface area contributed by atoms with Crippen LogP contribution in [-0.4, -0.2) is 37.9 Å². The third-order valence-electron chi connectivity index (χ3n) is 3.31. The maximum atomic E-state index is 11.8. The summed E-state index contributed by atoms with van der Waals surface area (Å²) in [6.45, 7) is 2.00. The van der Waals surface area contributed by atoms with E-state index in [0.29, 0.717) is 21.9 Å². The van der Waals surface area contributed by atoms with E-state index in [1.807, 2.05) is 0 Å². The molecule has 24 heavy (non-hydrogen) atoms. The van der Waals surface area contributed by atoms with Crippen molar-refractivity contribution in [1.29, 1.82) is 0 Å². The van der Waals surface area contributed by atoms with Crippen molar-refractivity contribution < 1.29 is 28.9 Å². The number of benzene rings is 1. The van der Waals surface area contributed by atoms with Crippen LogP contribution in [0.3, 0.4) is 0 Å². The molecule has 0 aliphatic rings. The Labute approximate surface area is 143 Å². The number of carbonyl (C=O) groups excluding carboxylic acids is 1. The Kier molecular flexibility index (Phi) is 5.81. The van der Waals surface area contributed by atoms with Crippen LogP contribution in [0.2, 0.25) is 0 Å². The standard InChI is InChI=1S/C17H18O6S/c1-4-23-15(18)9-11-8-14(17(19)20)24-16(11)10-5-6-12(21-2)13(7-10)22-3/h5-8H,4,9H2,1-3H3,(H,19,20). The summed E-state index contributed by atoms with van der Waals surface area (Å²) in [5.74, 6) is -0.323. The lowest BCUT2D eigenvalue weighted by molar-refractivity contribution is -0.142. The van der Waals surface area contributed by atoms with Crippen molar-refractivity contribution in [1.82, 2.24) is 0 Å². The number of rotatable bonds is 7. The van der Waals surface area contributed by atoms with Gasteiger partial charge in [0, 0.05) is 4.88 Å². The van der Waals surface area contributed by atoms with Gasteiger partial charge in [-0.05, 0) is 42.3 Å². The number of hydrogen-bond donors (Lipinski definition) is 1. The average Bonchev–Trinajstić information content (AvgIpc) is 2.98. The molecule has 0 aliphatic heterocycles. The molecule has 0 amide bonds. The third-order valence-corrected chi connectivity index (χ3v) is 4.52. The fourth-order valence-electron chi connectivity index (χ4n) is 2.25. The maximum absolute atomic E-state index is 11.8. The van der Waals surface area contributed by atoms with Gasteiger partial charge in [0.25, 0.3) is 0 Å². The maximum Gasteiger partial charge on any atom is 0.345 e. The van der Waals surface area contributed by atoms with Crippen molar-refractivity contribution in [2.45, 2.75) is 13.3 Å². The van der Waals surface area contributed by atoms with Crippen LogP contribution in [-0.2, 0) is 16.0 Å². The molecule has 0 atom stereocenters. The molecule has 0 fully saturated rings. The molecule has 128 valence electrons. The number of hydrogen-bond acceptors (Lipinski definition) is 6. The monoisotopic (exact) mass is 350 g/mol. The zero-order valence-electron chi connectivity index (χ0n) is 13.6. The Bertz CT molecular complexity index is 750. The number of carboxylic acid groups (broad SMARTS) is 1. The van der Waals surface area contributed by atoms with Crippen molar-refractivity contribution in [3.63, 3.8) is 0 Å². The Balaban J connectivity index is 2.47. The van der Waals surface area contributed by atoms with Crippen molar-refractivity contribution in [3.05, 3.63) is 34.7 Å². The minimum atomic E-state index is -1.03. The minimum Gasteiger partial charge on any atom is -0.493 e. The van der Waals surface area contributed by atoms with E-state index in [-0.39, 0.29) is 17.9 Å².